The van der Waals surface area contributed by atoms with Crippen LogP contribution in [0.2, 0.25) is 0 Å². The van der Waals surface area contributed by atoms with Crippen LogP contribution in [0, 0.1) is 44.2 Å². The number of rotatable bonds is 8. The van der Waals surface area contributed by atoms with Crippen molar-refractivity contribution in [2.45, 2.75) is 20.4 Å². The fourth-order valence-electron chi connectivity index (χ4n) is 2.98. The molecule has 33 heavy (non-hydrogen) atoms. The summed E-state index contributed by atoms with van der Waals surface area (Å²) in [6, 6.07) is 10.6. The van der Waals surface area contributed by atoms with Gasteiger partial charge in [-0.3, -0.25) is 25.0 Å². The van der Waals surface area contributed by atoms with Crippen molar-refractivity contribution in [3.05, 3.63) is 84.1 Å². The molecule has 1 amide bonds. The summed E-state index contributed by atoms with van der Waals surface area (Å²) in [6.45, 7) is 2.46. The highest BCUT2D eigenvalue weighted by Crippen LogP contribution is 2.31. The third kappa shape index (κ3) is 5.25. The van der Waals surface area contributed by atoms with Crippen molar-refractivity contribution in [2.75, 3.05) is 5.32 Å². The number of carbonyl (C=O) groups is 1. The number of amides is 1. The second kappa shape index (κ2) is 9.09. The lowest BCUT2D eigenvalue weighted by Crippen LogP contribution is -2.20. The number of nitro benzene ring substituents is 1. The van der Waals surface area contributed by atoms with Gasteiger partial charge in [0, 0.05) is 12.1 Å². The third-order valence-corrected chi connectivity index (χ3v) is 4.42. The Morgan fingerprint density at radius 3 is 2.30 bits per heavy atom. The molecule has 1 N–H and O–H groups in total. The highest BCUT2D eigenvalue weighted by atomic mass is 16.6. The number of aromatic nitrogens is 2. The van der Waals surface area contributed by atoms with Gasteiger partial charge >= 0.3 is 11.5 Å². The molecule has 0 aliphatic carbocycles. The second-order valence-electron chi connectivity index (χ2n) is 6.87. The minimum Gasteiger partial charge on any atom is -0.457 e. The van der Waals surface area contributed by atoms with Crippen LogP contribution in [0.5, 0.6) is 11.5 Å². The average molecular weight is 456 g/mol. The van der Waals surface area contributed by atoms with E-state index in [2.05, 4.69) is 10.4 Å². The first-order valence-electron chi connectivity index (χ1n) is 9.25. The minimum atomic E-state index is -1.02. The molecule has 1 aromatic heterocycles. The first-order chi connectivity index (χ1) is 15.5. The first kappa shape index (κ1) is 22.8. The molecular weight excluding hydrogens is 440 g/mol. The predicted molar refractivity (Wildman–Crippen MR) is 113 cm³/mol. The Hall–Kier alpha value is -4.88. The molecule has 0 aliphatic rings. The van der Waals surface area contributed by atoms with Gasteiger partial charge in [-0.15, -0.1) is 0 Å². The lowest BCUT2D eigenvalue weighted by molar-refractivity contribution is -0.424. The normalized spacial score (nSPS) is 10.5. The standard InChI is InChI=1S/C19H16N6O8/c1-11-4-3-5-15(6-11)33-16-8-13(7-14(9-16)23(27)28)20-17(26)10-22-12(2)18(24(29)30)19(21-22)25(31)32/h3-9H,10H2,1-2H3,(H,20,26). The van der Waals surface area contributed by atoms with E-state index in [0.29, 0.717) is 5.75 Å². The quantitative estimate of drug-likeness (QED) is 0.390. The largest absolute Gasteiger partial charge is 0.468 e. The Labute approximate surface area is 184 Å². The fraction of sp³-hybridized carbons (Fsp3) is 0.158. The van der Waals surface area contributed by atoms with Crippen LogP contribution in [0.4, 0.5) is 22.9 Å². The Balaban J connectivity index is 1.85. The maximum Gasteiger partial charge on any atom is 0.468 e. The van der Waals surface area contributed by atoms with Gasteiger partial charge in [-0.2, -0.15) is 4.68 Å². The molecule has 1 heterocycles. The molecule has 0 fully saturated rings. The fourth-order valence-corrected chi connectivity index (χ4v) is 2.98. The van der Waals surface area contributed by atoms with Crippen LogP contribution in [0.15, 0.2) is 42.5 Å². The maximum atomic E-state index is 12.5. The van der Waals surface area contributed by atoms with Crippen molar-refractivity contribution < 1.29 is 24.3 Å². The van der Waals surface area contributed by atoms with Crippen LogP contribution in [0.3, 0.4) is 0 Å². The summed E-state index contributed by atoms with van der Waals surface area (Å²) in [4.78, 5) is 43.3. The number of benzene rings is 2. The van der Waals surface area contributed by atoms with Crippen molar-refractivity contribution in [1.29, 1.82) is 0 Å². The monoisotopic (exact) mass is 456 g/mol. The zero-order valence-corrected chi connectivity index (χ0v) is 17.3. The number of hydrogen-bond acceptors (Lipinski definition) is 9. The molecule has 14 nitrogen and oxygen atoms in total. The third-order valence-electron chi connectivity index (χ3n) is 4.42. The highest BCUT2D eigenvalue weighted by molar-refractivity contribution is 5.91. The Morgan fingerprint density at radius 2 is 1.73 bits per heavy atom. The van der Waals surface area contributed by atoms with E-state index in [1.807, 2.05) is 13.0 Å². The SMILES string of the molecule is Cc1cccc(Oc2cc(NC(=O)Cn3nc([N+](=O)[O-])c([N+](=O)[O-])c3C)cc([N+](=O)[O-])c2)c1. The number of nitrogens with one attached hydrogen (secondary N) is 1. The number of hydrogen-bond donors (Lipinski definition) is 1. The van der Waals surface area contributed by atoms with Crippen LogP contribution in [-0.4, -0.2) is 30.5 Å². The van der Waals surface area contributed by atoms with Gasteiger partial charge in [0.2, 0.25) is 5.91 Å². The van der Waals surface area contributed by atoms with Crippen molar-refractivity contribution in [2.24, 2.45) is 0 Å². The number of non-ortho nitro benzene ring substituents is 1. The molecule has 2 aromatic carbocycles. The van der Waals surface area contributed by atoms with Gasteiger partial charge in [-0.1, -0.05) is 12.1 Å². The van der Waals surface area contributed by atoms with Crippen molar-refractivity contribution >= 4 is 28.8 Å². The number of ether oxygens (including phenoxy) is 1. The van der Waals surface area contributed by atoms with Crippen LogP contribution in [0.1, 0.15) is 11.3 Å². The Bertz CT molecular complexity index is 1290. The molecule has 3 rings (SSSR count). The summed E-state index contributed by atoms with van der Waals surface area (Å²) >= 11 is 0. The maximum absolute atomic E-state index is 12.5. The van der Waals surface area contributed by atoms with Crippen molar-refractivity contribution in [3.8, 4) is 11.5 Å². The topological polar surface area (TPSA) is 186 Å². The molecule has 0 saturated heterocycles. The molecule has 3 aromatic rings. The first-order valence-corrected chi connectivity index (χ1v) is 9.25. The van der Waals surface area contributed by atoms with Crippen molar-refractivity contribution in [3.63, 3.8) is 0 Å². The Kier molecular flexibility index (Phi) is 6.28. The summed E-state index contributed by atoms with van der Waals surface area (Å²) in [7, 11) is 0. The number of nitro groups is 3. The summed E-state index contributed by atoms with van der Waals surface area (Å²) in [5.41, 5.74) is -0.437. The van der Waals surface area contributed by atoms with Crippen LogP contribution in [-0.2, 0) is 11.3 Å². The van der Waals surface area contributed by atoms with Crippen LogP contribution < -0.4 is 10.1 Å². The van der Waals surface area contributed by atoms with Gasteiger partial charge in [-0.25, -0.2) is 0 Å². The molecule has 170 valence electrons. The molecular formula is C19H16N6O8. The Morgan fingerprint density at radius 1 is 1.00 bits per heavy atom. The van der Waals surface area contributed by atoms with E-state index in [-0.39, 0.29) is 22.8 Å². The van der Waals surface area contributed by atoms with E-state index < -0.39 is 38.7 Å². The van der Waals surface area contributed by atoms with Gasteiger partial charge in [0.15, 0.2) is 0 Å². The molecule has 0 spiro atoms. The number of nitrogens with zero attached hydrogens (tertiary/aromatic N) is 5. The van der Waals surface area contributed by atoms with Gasteiger partial charge < -0.3 is 20.2 Å². The molecule has 0 radical (unpaired) electrons. The zero-order valence-electron chi connectivity index (χ0n) is 17.3. The average Bonchev–Trinajstić information content (AvgIpc) is 3.04. The van der Waals surface area contributed by atoms with Gasteiger partial charge in [0.1, 0.15) is 23.7 Å². The van der Waals surface area contributed by atoms with E-state index >= 15 is 0 Å². The predicted octanol–water partition coefficient (Wildman–Crippen LogP) is 3.66. The summed E-state index contributed by atoms with van der Waals surface area (Å²) in [5, 5.41) is 39.4. The van der Waals surface area contributed by atoms with E-state index in [1.165, 1.54) is 19.1 Å². The van der Waals surface area contributed by atoms with Gasteiger partial charge in [0.25, 0.3) is 5.69 Å². The second-order valence-corrected chi connectivity index (χ2v) is 6.87. The summed E-state index contributed by atoms with van der Waals surface area (Å²) in [5.74, 6) is -1.24. The van der Waals surface area contributed by atoms with E-state index in [9.17, 15) is 35.1 Å². The lowest BCUT2D eigenvalue weighted by atomic mass is 10.2. The molecule has 0 aliphatic heterocycles. The van der Waals surface area contributed by atoms with Crippen LogP contribution >= 0.6 is 0 Å². The van der Waals surface area contributed by atoms with Crippen molar-refractivity contribution in [1.82, 2.24) is 9.78 Å². The van der Waals surface area contributed by atoms with Crippen LogP contribution in [0.25, 0.3) is 0 Å². The zero-order chi connectivity index (χ0) is 24.3. The molecule has 0 atom stereocenters. The molecule has 14 heteroatoms. The van der Waals surface area contributed by atoms with E-state index in [4.69, 9.17) is 4.74 Å². The lowest BCUT2D eigenvalue weighted by Gasteiger charge is -2.10. The smallest absolute Gasteiger partial charge is 0.457 e. The minimum absolute atomic E-state index is 0.0191. The summed E-state index contributed by atoms with van der Waals surface area (Å²) < 4.78 is 6.47. The molecule has 0 saturated carbocycles. The number of aryl methyl sites for hydroxylation is 1. The van der Waals surface area contributed by atoms with Gasteiger partial charge in [0.05, 0.1) is 26.7 Å². The summed E-state index contributed by atoms with van der Waals surface area (Å²) in [6.07, 6.45) is 0. The number of anilines is 1. The number of carbonyl (C=O) groups excluding carboxylic acids is 1. The van der Waals surface area contributed by atoms with Gasteiger partial charge in [-0.05, 0) is 36.5 Å². The van der Waals surface area contributed by atoms with E-state index in [1.54, 1.807) is 18.2 Å². The molecule has 0 bridgehead atoms. The van der Waals surface area contributed by atoms with E-state index in [0.717, 1.165) is 16.3 Å². The highest BCUT2D eigenvalue weighted by Gasteiger charge is 2.35. The molecule has 0 unspecified atom stereocenters.